The molecule has 0 radical (unpaired) electrons. The fourth-order valence-corrected chi connectivity index (χ4v) is 6.88. The molecule has 1 aliphatic heterocycles. The summed E-state index contributed by atoms with van der Waals surface area (Å²) in [5, 5.41) is 9.73. The molecule has 2 atom stereocenters. The monoisotopic (exact) mass is 631 g/mol. The molecule has 0 fully saturated rings. The Labute approximate surface area is 285 Å². The van der Waals surface area contributed by atoms with Crippen LogP contribution in [0.2, 0.25) is 0 Å². The highest BCUT2D eigenvalue weighted by atomic mass is 16.3. The average Bonchev–Trinajstić information content (AvgIpc) is 3.57. The first-order chi connectivity index (χ1) is 24.3. The van der Waals surface area contributed by atoms with Gasteiger partial charge in [0, 0.05) is 21.9 Å². The van der Waals surface area contributed by atoms with Gasteiger partial charge in [-0.3, -0.25) is 5.32 Å². The zero-order valence-electron chi connectivity index (χ0n) is 26.8. The number of rotatable bonds is 6. The second-order valence-electron chi connectivity index (χ2n) is 12.5. The zero-order chi connectivity index (χ0) is 32.6. The lowest BCUT2D eigenvalue weighted by atomic mass is 9.98. The number of hydrogen-bond donors (Lipinski definition) is 2. The van der Waals surface area contributed by atoms with Crippen molar-refractivity contribution in [2.45, 2.75) is 12.3 Å². The molecule has 7 aromatic carbocycles. The van der Waals surface area contributed by atoms with Gasteiger partial charge in [0.2, 0.25) is 0 Å². The number of furan rings is 1. The summed E-state index contributed by atoms with van der Waals surface area (Å²) in [5.74, 6) is 0.847. The fraction of sp³-hybridized carbons (Fsp3) is 0.0444. The van der Waals surface area contributed by atoms with Crippen LogP contribution in [0.5, 0.6) is 0 Å². The van der Waals surface area contributed by atoms with E-state index in [1.165, 1.54) is 27.8 Å². The predicted molar refractivity (Wildman–Crippen MR) is 201 cm³/mol. The Balaban J connectivity index is 1.06. The summed E-state index contributed by atoms with van der Waals surface area (Å²) in [5.41, 5.74) is 12.1. The van der Waals surface area contributed by atoms with Crippen molar-refractivity contribution in [2.24, 2.45) is 4.99 Å². The Kier molecular flexibility index (Phi) is 7.34. The minimum Gasteiger partial charge on any atom is -0.456 e. The van der Waals surface area contributed by atoms with Gasteiger partial charge in [0.1, 0.15) is 29.3 Å². The summed E-state index contributed by atoms with van der Waals surface area (Å²) in [6.07, 6.45) is -0.438. The Morgan fingerprint density at radius 2 is 0.980 bits per heavy atom. The first-order valence-corrected chi connectivity index (χ1v) is 16.7. The lowest BCUT2D eigenvalue weighted by Crippen LogP contribution is -2.45. The summed E-state index contributed by atoms with van der Waals surface area (Å²) in [4.78, 5) is 5.19. The Hall–Kier alpha value is -6.23. The lowest BCUT2D eigenvalue weighted by molar-refractivity contribution is 0.411. The molecule has 49 heavy (non-hydrogen) atoms. The van der Waals surface area contributed by atoms with Crippen LogP contribution in [0.25, 0.3) is 55.3 Å². The first kappa shape index (κ1) is 29.0. The minimum absolute atomic E-state index is 0.207. The van der Waals surface area contributed by atoms with E-state index in [9.17, 15) is 0 Å². The van der Waals surface area contributed by atoms with Gasteiger partial charge in [-0.05, 0) is 57.1 Å². The Morgan fingerprint density at radius 3 is 1.61 bits per heavy atom. The maximum atomic E-state index is 6.47. The van der Waals surface area contributed by atoms with E-state index in [4.69, 9.17) is 9.41 Å². The molecule has 4 nitrogen and oxygen atoms in total. The van der Waals surface area contributed by atoms with Gasteiger partial charge in [-0.1, -0.05) is 158 Å². The van der Waals surface area contributed by atoms with Crippen LogP contribution in [-0.2, 0) is 0 Å². The van der Waals surface area contributed by atoms with Crippen LogP contribution in [0.1, 0.15) is 29.0 Å². The second kappa shape index (κ2) is 12.4. The smallest absolute Gasteiger partial charge is 0.136 e. The third-order valence-electron chi connectivity index (χ3n) is 9.41. The van der Waals surface area contributed by atoms with E-state index < -0.39 is 0 Å². The van der Waals surface area contributed by atoms with Gasteiger partial charge < -0.3 is 9.73 Å². The Morgan fingerprint density at radius 1 is 0.449 bits per heavy atom. The largest absolute Gasteiger partial charge is 0.456 e. The molecule has 1 aliphatic rings. The van der Waals surface area contributed by atoms with Crippen molar-refractivity contribution >= 4 is 27.8 Å². The van der Waals surface area contributed by atoms with E-state index in [1.54, 1.807) is 0 Å². The third kappa shape index (κ3) is 5.58. The molecular formula is C45H33N3O. The third-order valence-corrected chi connectivity index (χ3v) is 9.41. The molecular weight excluding hydrogens is 599 g/mol. The van der Waals surface area contributed by atoms with Gasteiger partial charge in [-0.15, -0.1) is 0 Å². The van der Waals surface area contributed by atoms with Gasteiger partial charge in [0.05, 0.1) is 0 Å². The molecule has 0 aliphatic carbocycles. The average molecular weight is 632 g/mol. The molecule has 0 spiro atoms. The van der Waals surface area contributed by atoms with E-state index in [1.807, 2.05) is 18.2 Å². The molecule has 0 amide bonds. The molecule has 2 heterocycles. The van der Waals surface area contributed by atoms with Crippen molar-refractivity contribution in [1.29, 1.82) is 0 Å². The number of fused-ring (bicyclic) bond motifs is 3. The molecule has 8 aromatic rings. The van der Waals surface area contributed by atoms with Crippen molar-refractivity contribution in [3.63, 3.8) is 0 Å². The van der Waals surface area contributed by atoms with Gasteiger partial charge in [0.15, 0.2) is 0 Å². The quantitative estimate of drug-likeness (QED) is 0.192. The van der Waals surface area contributed by atoms with Crippen LogP contribution in [0.3, 0.4) is 0 Å². The summed E-state index contributed by atoms with van der Waals surface area (Å²) in [6, 6.07) is 61.6. The van der Waals surface area contributed by atoms with E-state index in [-0.39, 0.29) is 12.3 Å². The molecule has 0 saturated carbocycles. The molecule has 0 saturated heterocycles. The van der Waals surface area contributed by atoms with Crippen LogP contribution in [-0.4, -0.2) is 5.84 Å². The highest BCUT2D eigenvalue weighted by molar-refractivity contribution is 6.08. The maximum Gasteiger partial charge on any atom is 0.136 e. The fourth-order valence-electron chi connectivity index (χ4n) is 6.88. The van der Waals surface area contributed by atoms with Crippen molar-refractivity contribution in [2.75, 3.05) is 0 Å². The van der Waals surface area contributed by atoms with Gasteiger partial charge >= 0.3 is 0 Å². The van der Waals surface area contributed by atoms with Gasteiger partial charge in [-0.25, -0.2) is 4.99 Å². The molecule has 2 N–H and O–H groups in total. The highest BCUT2D eigenvalue weighted by Gasteiger charge is 2.28. The minimum atomic E-state index is -0.231. The Bertz CT molecular complexity index is 2420. The topological polar surface area (TPSA) is 49.6 Å². The molecule has 234 valence electrons. The molecule has 4 heteroatoms. The van der Waals surface area contributed by atoms with Crippen LogP contribution in [0.15, 0.2) is 185 Å². The normalized spacial score (nSPS) is 16.0. The van der Waals surface area contributed by atoms with Crippen molar-refractivity contribution in [1.82, 2.24) is 10.6 Å². The molecule has 2 unspecified atom stereocenters. The van der Waals surface area contributed by atoms with E-state index >= 15 is 0 Å². The lowest BCUT2D eigenvalue weighted by Gasteiger charge is -2.32. The second-order valence-corrected chi connectivity index (χ2v) is 12.5. The van der Waals surface area contributed by atoms with Crippen LogP contribution in [0, 0.1) is 0 Å². The SMILES string of the molecule is c1ccc(-c2ccc(-c3ccc(C4=NC(c5ccccc5)NC(c5cccc6oc7cc(-c8ccccc8)ccc7c56)N4)cc3)cc2)cc1. The van der Waals surface area contributed by atoms with Crippen molar-refractivity contribution in [3.05, 3.63) is 193 Å². The van der Waals surface area contributed by atoms with E-state index in [2.05, 4.69) is 168 Å². The van der Waals surface area contributed by atoms with Crippen molar-refractivity contribution in [3.8, 4) is 33.4 Å². The number of nitrogens with one attached hydrogen (secondary N) is 2. The van der Waals surface area contributed by atoms with E-state index in [0.717, 1.165) is 50.0 Å². The summed E-state index contributed by atoms with van der Waals surface area (Å²) >= 11 is 0. The molecule has 0 bridgehead atoms. The highest BCUT2D eigenvalue weighted by Crippen LogP contribution is 2.37. The molecule has 1 aromatic heterocycles. The zero-order valence-corrected chi connectivity index (χ0v) is 26.8. The summed E-state index contributed by atoms with van der Waals surface area (Å²) in [7, 11) is 0. The number of nitrogens with zero attached hydrogens (tertiary/aromatic N) is 1. The van der Waals surface area contributed by atoms with Crippen molar-refractivity contribution < 1.29 is 4.42 Å². The number of amidine groups is 1. The van der Waals surface area contributed by atoms with Gasteiger partial charge in [0.25, 0.3) is 0 Å². The number of aliphatic imine (C=N–C) groups is 1. The molecule has 9 rings (SSSR count). The number of benzene rings is 7. The van der Waals surface area contributed by atoms with Crippen LogP contribution in [0.4, 0.5) is 0 Å². The standard InChI is InChI=1S/C45H33N3O/c1-4-11-30(12-5-1)32-19-21-33(22-20-32)34-23-25-36(26-24-34)44-46-43(35-15-8-3-9-16-35)47-45(48-44)39-17-10-18-40-42(39)38-28-27-37(29-41(38)49-40)31-13-6-2-7-14-31/h1-29,43,45,47H,(H,46,48). The summed E-state index contributed by atoms with van der Waals surface area (Å²) in [6.45, 7) is 0. The predicted octanol–water partition coefficient (Wildman–Crippen LogP) is 10.9. The van der Waals surface area contributed by atoms with Gasteiger partial charge in [-0.2, -0.15) is 0 Å². The first-order valence-electron chi connectivity index (χ1n) is 16.7. The van der Waals surface area contributed by atoms with E-state index in [0.29, 0.717) is 0 Å². The van der Waals surface area contributed by atoms with Crippen LogP contribution < -0.4 is 10.6 Å². The summed E-state index contributed by atoms with van der Waals surface area (Å²) < 4.78 is 6.47. The maximum absolute atomic E-state index is 6.47. The number of hydrogen-bond acceptors (Lipinski definition) is 4. The van der Waals surface area contributed by atoms with Crippen LogP contribution >= 0.6 is 0 Å².